The maximum absolute atomic E-state index is 12.3. The Bertz CT molecular complexity index is 1370. The van der Waals surface area contributed by atoms with Gasteiger partial charge in [-0.3, -0.25) is 9.78 Å². The molecule has 5 rings (SSSR count). The fraction of sp³-hybridized carbons (Fsp3) is 0.0476. The van der Waals surface area contributed by atoms with Crippen LogP contribution in [0.25, 0.3) is 43.8 Å². The summed E-state index contributed by atoms with van der Waals surface area (Å²) in [6.07, 6.45) is 5.24. The van der Waals surface area contributed by atoms with Crippen LogP contribution in [-0.4, -0.2) is 19.9 Å². The van der Waals surface area contributed by atoms with Gasteiger partial charge in [0.1, 0.15) is 16.3 Å². The molecule has 0 bridgehead atoms. The van der Waals surface area contributed by atoms with E-state index in [1.54, 1.807) is 23.7 Å². The number of aromatic nitrogens is 4. The first-order valence-corrected chi connectivity index (χ1v) is 9.31. The Hall–Kier alpha value is -3.38. The molecule has 0 radical (unpaired) electrons. The second-order valence-electron chi connectivity index (χ2n) is 6.31. The zero-order valence-corrected chi connectivity index (χ0v) is 15.2. The van der Waals surface area contributed by atoms with Crippen molar-refractivity contribution in [2.75, 3.05) is 0 Å². The van der Waals surface area contributed by atoms with E-state index in [0.29, 0.717) is 11.0 Å². The van der Waals surface area contributed by atoms with E-state index in [4.69, 9.17) is 4.98 Å². The van der Waals surface area contributed by atoms with Crippen LogP contribution in [0.3, 0.4) is 0 Å². The highest BCUT2D eigenvalue weighted by atomic mass is 32.1. The van der Waals surface area contributed by atoms with Gasteiger partial charge in [-0.1, -0.05) is 12.1 Å². The summed E-state index contributed by atoms with van der Waals surface area (Å²) < 4.78 is 0. The van der Waals surface area contributed by atoms with E-state index in [1.807, 2.05) is 43.5 Å². The van der Waals surface area contributed by atoms with Crippen molar-refractivity contribution in [3.8, 4) is 21.8 Å². The van der Waals surface area contributed by atoms with Gasteiger partial charge in [-0.05, 0) is 36.8 Å². The van der Waals surface area contributed by atoms with Gasteiger partial charge in [0.25, 0.3) is 0 Å². The van der Waals surface area contributed by atoms with Crippen LogP contribution in [0.4, 0.5) is 0 Å². The fourth-order valence-corrected chi connectivity index (χ4v) is 3.96. The SMILES string of the molecule is Cc1cnc(-c2nc3[nH]ccc(=O)c3cc2-c2ccc3ncccc3c2)s1. The third kappa shape index (κ3) is 2.71. The van der Waals surface area contributed by atoms with Gasteiger partial charge in [-0.2, -0.15) is 0 Å². The number of nitrogens with one attached hydrogen (secondary N) is 1. The molecule has 0 aliphatic heterocycles. The quantitative estimate of drug-likeness (QED) is 0.494. The minimum Gasteiger partial charge on any atom is -0.346 e. The molecule has 0 fully saturated rings. The van der Waals surface area contributed by atoms with E-state index >= 15 is 0 Å². The van der Waals surface area contributed by atoms with Crippen molar-refractivity contribution in [2.24, 2.45) is 0 Å². The first kappa shape index (κ1) is 15.8. The number of benzene rings is 1. The summed E-state index contributed by atoms with van der Waals surface area (Å²) in [6, 6.07) is 13.4. The van der Waals surface area contributed by atoms with Gasteiger partial charge >= 0.3 is 0 Å². The summed E-state index contributed by atoms with van der Waals surface area (Å²) in [5.41, 5.74) is 4.08. The van der Waals surface area contributed by atoms with Gasteiger partial charge < -0.3 is 4.98 Å². The number of pyridine rings is 3. The lowest BCUT2D eigenvalue weighted by Crippen LogP contribution is -2.03. The summed E-state index contributed by atoms with van der Waals surface area (Å²) in [4.78, 5) is 30.2. The highest BCUT2D eigenvalue weighted by Crippen LogP contribution is 2.35. The van der Waals surface area contributed by atoms with E-state index in [9.17, 15) is 4.79 Å². The number of H-pyrrole nitrogens is 1. The third-order valence-electron chi connectivity index (χ3n) is 4.48. The van der Waals surface area contributed by atoms with E-state index in [2.05, 4.69) is 21.0 Å². The Morgan fingerprint density at radius 1 is 1.07 bits per heavy atom. The minimum atomic E-state index is -0.0539. The Balaban J connectivity index is 1.85. The molecule has 27 heavy (non-hydrogen) atoms. The van der Waals surface area contributed by atoms with E-state index in [0.717, 1.165) is 37.6 Å². The number of aryl methyl sites for hydroxylation is 1. The van der Waals surface area contributed by atoms with Crippen molar-refractivity contribution < 1.29 is 0 Å². The average molecular weight is 370 g/mol. The number of thiazole rings is 1. The largest absolute Gasteiger partial charge is 0.346 e. The van der Waals surface area contributed by atoms with Crippen LogP contribution in [0.5, 0.6) is 0 Å². The van der Waals surface area contributed by atoms with Crippen molar-refractivity contribution in [2.45, 2.75) is 6.92 Å². The van der Waals surface area contributed by atoms with E-state index < -0.39 is 0 Å². The third-order valence-corrected chi connectivity index (χ3v) is 5.40. The van der Waals surface area contributed by atoms with Gasteiger partial charge in [-0.15, -0.1) is 11.3 Å². The number of nitrogens with zero attached hydrogens (tertiary/aromatic N) is 3. The van der Waals surface area contributed by atoms with Crippen LogP contribution in [0.1, 0.15) is 4.88 Å². The van der Waals surface area contributed by atoms with Gasteiger partial charge in [0.15, 0.2) is 5.43 Å². The molecule has 0 spiro atoms. The van der Waals surface area contributed by atoms with E-state index in [1.165, 1.54) is 6.07 Å². The molecule has 0 aliphatic rings. The zero-order chi connectivity index (χ0) is 18.4. The number of hydrogen-bond acceptors (Lipinski definition) is 5. The fourth-order valence-electron chi connectivity index (χ4n) is 3.19. The van der Waals surface area contributed by atoms with Crippen LogP contribution in [0, 0.1) is 6.92 Å². The molecule has 1 aromatic carbocycles. The predicted octanol–water partition coefficient (Wildman–Crippen LogP) is 4.57. The molecule has 5 nitrogen and oxygen atoms in total. The van der Waals surface area contributed by atoms with E-state index in [-0.39, 0.29) is 5.43 Å². The maximum atomic E-state index is 12.3. The van der Waals surface area contributed by atoms with Crippen LogP contribution in [0.15, 0.2) is 65.8 Å². The highest BCUT2D eigenvalue weighted by Gasteiger charge is 2.16. The molecule has 0 amide bonds. The highest BCUT2D eigenvalue weighted by molar-refractivity contribution is 7.15. The van der Waals surface area contributed by atoms with Crippen molar-refractivity contribution in [1.29, 1.82) is 0 Å². The molecule has 0 unspecified atom stereocenters. The average Bonchev–Trinajstić information content (AvgIpc) is 3.13. The monoisotopic (exact) mass is 370 g/mol. The second kappa shape index (κ2) is 6.10. The van der Waals surface area contributed by atoms with Crippen molar-refractivity contribution in [1.82, 2.24) is 19.9 Å². The molecule has 4 aromatic heterocycles. The lowest BCUT2D eigenvalue weighted by Gasteiger charge is -2.10. The molecule has 130 valence electrons. The van der Waals surface area contributed by atoms with Crippen molar-refractivity contribution in [3.63, 3.8) is 0 Å². The summed E-state index contributed by atoms with van der Waals surface area (Å²) >= 11 is 1.59. The molecule has 0 atom stereocenters. The standard InChI is InChI=1S/C21H14N4OS/c1-12-11-24-21(27-12)19-15(10-16-18(26)6-8-23-20(16)25-19)13-4-5-17-14(9-13)3-2-7-22-17/h2-11H,1H3,(H,23,25,26). The van der Waals surface area contributed by atoms with Crippen molar-refractivity contribution in [3.05, 3.63) is 76.2 Å². The summed E-state index contributed by atoms with van der Waals surface area (Å²) in [5.74, 6) is 0. The Labute approximate surface area is 158 Å². The summed E-state index contributed by atoms with van der Waals surface area (Å²) in [7, 11) is 0. The van der Waals surface area contributed by atoms with Crippen molar-refractivity contribution >= 4 is 33.3 Å². The van der Waals surface area contributed by atoms with Crippen LogP contribution < -0.4 is 5.43 Å². The molecule has 4 heterocycles. The predicted molar refractivity (Wildman–Crippen MR) is 109 cm³/mol. The summed E-state index contributed by atoms with van der Waals surface area (Å²) in [6.45, 7) is 2.02. The normalized spacial score (nSPS) is 11.3. The number of hydrogen-bond donors (Lipinski definition) is 1. The number of aromatic amines is 1. The Morgan fingerprint density at radius 3 is 2.85 bits per heavy atom. The van der Waals surface area contributed by atoms with Gasteiger partial charge in [0.2, 0.25) is 0 Å². The second-order valence-corrected chi connectivity index (χ2v) is 7.54. The smallest absolute Gasteiger partial charge is 0.191 e. The van der Waals surface area contributed by atoms with Crippen LogP contribution in [-0.2, 0) is 0 Å². The minimum absolute atomic E-state index is 0.0539. The molecule has 0 aliphatic carbocycles. The number of fused-ring (bicyclic) bond motifs is 2. The van der Waals surface area contributed by atoms with Gasteiger partial charge in [0.05, 0.1) is 10.9 Å². The lowest BCUT2D eigenvalue weighted by atomic mass is 10.0. The molecule has 6 heteroatoms. The Morgan fingerprint density at radius 2 is 2.00 bits per heavy atom. The molecule has 1 N–H and O–H groups in total. The molecular weight excluding hydrogens is 356 g/mol. The first-order chi connectivity index (χ1) is 13.2. The topological polar surface area (TPSA) is 71.5 Å². The Kier molecular flexibility index (Phi) is 3.58. The maximum Gasteiger partial charge on any atom is 0.191 e. The molecular formula is C21H14N4OS. The first-order valence-electron chi connectivity index (χ1n) is 8.49. The zero-order valence-electron chi connectivity index (χ0n) is 14.4. The van der Waals surface area contributed by atoms with Crippen LogP contribution in [0.2, 0.25) is 0 Å². The number of rotatable bonds is 2. The summed E-state index contributed by atoms with van der Waals surface area (Å²) in [5, 5.41) is 2.44. The molecule has 5 aromatic rings. The van der Waals surface area contributed by atoms with Gasteiger partial charge in [0, 0.05) is 40.5 Å². The van der Waals surface area contributed by atoms with Gasteiger partial charge in [-0.25, -0.2) is 9.97 Å². The molecule has 0 saturated carbocycles. The molecule has 0 saturated heterocycles. The lowest BCUT2D eigenvalue weighted by molar-refractivity contribution is 1.26. The van der Waals surface area contributed by atoms with Crippen LogP contribution >= 0.6 is 11.3 Å².